The summed E-state index contributed by atoms with van der Waals surface area (Å²) in [5, 5.41) is 9.34. The molecule has 0 aliphatic carbocycles. The molecule has 0 unspecified atom stereocenters. The second-order valence-corrected chi connectivity index (χ2v) is 7.97. The Balaban J connectivity index is 1.80. The highest BCUT2D eigenvalue weighted by Gasteiger charge is 2.35. The van der Waals surface area contributed by atoms with Crippen molar-refractivity contribution in [3.8, 4) is 0 Å². The first kappa shape index (κ1) is 21.0. The van der Waals surface area contributed by atoms with E-state index in [2.05, 4.69) is 0 Å². The van der Waals surface area contributed by atoms with Crippen LogP contribution < -0.4 is 4.90 Å². The van der Waals surface area contributed by atoms with Crippen molar-refractivity contribution in [2.45, 2.75) is 38.8 Å². The molecular weight excluding hydrogens is 386 g/mol. The van der Waals surface area contributed by atoms with Crippen LogP contribution in [0.15, 0.2) is 18.2 Å². The number of anilines is 1. The summed E-state index contributed by atoms with van der Waals surface area (Å²) in [5.74, 6) is -1.65. The number of benzene rings is 1. The molecule has 0 aromatic heterocycles. The van der Waals surface area contributed by atoms with Gasteiger partial charge in [-0.25, -0.2) is 18.4 Å². The van der Waals surface area contributed by atoms with E-state index in [1.165, 1.54) is 4.90 Å². The van der Waals surface area contributed by atoms with Crippen molar-refractivity contribution in [1.82, 2.24) is 4.90 Å². The van der Waals surface area contributed by atoms with Crippen molar-refractivity contribution >= 4 is 23.4 Å². The summed E-state index contributed by atoms with van der Waals surface area (Å²) in [6.07, 6.45) is 0.610. The smallest absolute Gasteiger partial charge is 0.414 e. The zero-order valence-corrected chi connectivity index (χ0v) is 16.6. The fourth-order valence-electron chi connectivity index (χ4n) is 3.31. The lowest BCUT2D eigenvalue weighted by Gasteiger charge is -2.30. The molecule has 158 valence electrons. The first-order valence-electron chi connectivity index (χ1n) is 9.34. The summed E-state index contributed by atoms with van der Waals surface area (Å²) in [7, 11) is 0. The highest BCUT2D eigenvalue weighted by Crippen LogP contribution is 2.33. The third kappa shape index (κ3) is 4.50. The number of carbonyl (C=O) groups excluding carboxylic acids is 2. The third-order valence-corrected chi connectivity index (χ3v) is 4.66. The Bertz CT molecular complexity index is 827. The zero-order chi connectivity index (χ0) is 21.3. The molecule has 0 radical (unpaired) electrons. The van der Waals surface area contributed by atoms with Crippen LogP contribution in [-0.2, 0) is 9.47 Å². The fourth-order valence-corrected chi connectivity index (χ4v) is 3.31. The molecule has 7 nitrogen and oxygen atoms in total. The van der Waals surface area contributed by atoms with Gasteiger partial charge in [-0.2, -0.15) is 0 Å². The van der Waals surface area contributed by atoms with Gasteiger partial charge in [0.2, 0.25) is 0 Å². The average Bonchev–Trinajstić information content (AvgIpc) is 3.01. The summed E-state index contributed by atoms with van der Waals surface area (Å²) in [6.45, 7) is 5.30. The van der Waals surface area contributed by atoms with Crippen LogP contribution in [0.5, 0.6) is 0 Å². The number of halogens is 2. The van der Waals surface area contributed by atoms with Gasteiger partial charge in [0.25, 0.3) is 0 Å². The second-order valence-electron chi connectivity index (χ2n) is 7.97. The number of ether oxygens (including phenoxy) is 2. The Hall–Kier alpha value is -2.68. The number of amides is 2. The predicted molar refractivity (Wildman–Crippen MR) is 101 cm³/mol. The largest absolute Gasteiger partial charge is 0.447 e. The number of aliphatic hydroxyl groups excluding tert-OH is 1. The standard InChI is InChI=1S/C20H24F2N2O5/c1-20(2,3)29-18(26)23-6-4-12(5-7-23)17-15(21)8-13(9-16(17)22)24-14(10-25)11-28-19(24)27/h4,8-9,14,25H,5-7,10-11H2,1-3H3/t14-/m1/s1. The van der Waals surface area contributed by atoms with E-state index in [0.29, 0.717) is 5.57 Å². The van der Waals surface area contributed by atoms with Gasteiger partial charge in [-0.05, 0) is 44.9 Å². The number of hydrogen-bond acceptors (Lipinski definition) is 5. The van der Waals surface area contributed by atoms with Gasteiger partial charge in [0.05, 0.1) is 18.3 Å². The fraction of sp³-hybridized carbons (Fsp3) is 0.500. The summed E-state index contributed by atoms with van der Waals surface area (Å²) in [5.41, 5.74) is -0.394. The van der Waals surface area contributed by atoms with E-state index in [-0.39, 0.29) is 44.0 Å². The Morgan fingerprint density at radius 3 is 2.48 bits per heavy atom. The van der Waals surface area contributed by atoms with E-state index in [1.807, 2.05) is 0 Å². The Labute approximate surface area is 167 Å². The maximum atomic E-state index is 14.8. The van der Waals surface area contributed by atoms with Crippen LogP contribution in [0.2, 0.25) is 0 Å². The predicted octanol–water partition coefficient (Wildman–Crippen LogP) is 3.31. The zero-order valence-electron chi connectivity index (χ0n) is 16.6. The van der Waals surface area contributed by atoms with Crippen LogP contribution in [0.3, 0.4) is 0 Å². The quantitative estimate of drug-likeness (QED) is 0.827. The molecular formula is C20H24F2N2O5. The number of rotatable bonds is 3. The van der Waals surface area contributed by atoms with Crippen molar-refractivity contribution < 1.29 is 33.0 Å². The van der Waals surface area contributed by atoms with Crippen LogP contribution in [-0.4, -0.2) is 60.1 Å². The van der Waals surface area contributed by atoms with Gasteiger partial charge >= 0.3 is 12.2 Å². The molecule has 1 saturated heterocycles. The first-order chi connectivity index (χ1) is 13.6. The monoisotopic (exact) mass is 410 g/mol. The van der Waals surface area contributed by atoms with E-state index in [0.717, 1.165) is 17.0 Å². The topological polar surface area (TPSA) is 79.3 Å². The summed E-state index contributed by atoms with van der Waals surface area (Å²) in [4.78, 5) is 26.5. The minimum absolute atomic E-state index is 0.0166. The van der Waals surface area contributed by atoms with Gasteiger partial charge in [-0.3, -0.25) is 4.90 Å². The van der Waals surface area contributed by atoms with Gasteiger partial charge in [-0.15, -0.1) is 0 Å². The summed E-state index contributed by atoms with van der Waals surface area (Å²) < 4.78 is 39.7. The third-order valence-electron chi connectivity index (χ3n) is 4.66. The minimum Gasteiger partial charge on any atom is -0.447 e. The van der Waals surface area contributed by atoms with Gasteiger partial charge in [-0.1, -0.05) is 6.08 Å². The number of hydrogen-bond donors (Lipinski definition) is 1. The average molecular weight is 410 g/mol. The Morgan fingerprint density at radius 2 is 1.97 bits per heavy atom. The summed E-state index contributed by atoms with van der Waals surface area (Å²) in [6, 6.07) is 1.41. The van der Waals surface area contributed by atoms with E-state index in [4.69, 9.17) is 9.47 Å². The molecule has 1 aromatic carbocycles. The van der Waals surface area contributed by atoms with Crippen molar-refractivity contribution in [2.75, 3.05) is 31.2 Å². The molecule has 1 fully saturated rings. The molecule has 0 saturated carbocycles. The van der Waals surface area contributed by atoms with Gasteiger partial charge in [0, 0.05) is 18.7 Å². The van der Waals surface area contributed by atoms with Crippen LogP contribution in [0.1, 0.15) is 32.8 Å². The molecule has 2 aliphatic rings. The lowest BCUT2D eigenvalue weighted by molar-refractivity contribution is 0.0270. The molecule has 0 bridgehead atoms. The van der Waals surface area contributed by atoms with Gasteiger partial charge in [0.15, 0.2) is 0 Å². The van der Waals surface area contributed by atoms with Crippen LogP contribution in [0.25, 0.3) is 5.57 Å². The first-order valence-corrected chi connectivity index (χ1v) is 9.34. The normalized spacial score (nSPS) is 19.9. The maximum absolute atomic E-state index is 14.8. The molecule has 2 aliphatic heterocycles. The Kier molecular flexibility index (Phi) is 5.79. The van der Waals surface area contributed by atoms with E-state index >= 15 is 0 Å². The number of cyclic esters (lactones) is 1. The molecule has 1 aromatic rings. The van der Waals surface area contributed by atoms with E-state index in [1.54, 1.807) is 26.8 Å². The molecule has 9 heteroatoms. The minimum atomic E-state index is -0.826. The van der Waals surface area contributed by atoms with Crippen molar-refractivity contribution in [3.63, 3.8) is 0 Å². The highest BCUT2D eigenvalue weighted by atomic mass is 19.1. The molecule has 29 heavy (non-hydrogen) atoms. The van der Waals surface area contributed by atoms with Crippen molar-refractivity contribution in [1.29, 1.82) is 0 Å². The molecule has 2 heterocycles. The highest BCUT2D eigenvalue weighted by molar-refractivity contribution is 5.90. The Morgan fingerprint density at radius 1 is 1.31 bits per heavy atom. The number of aliphatic hydroxyl groups is 1. The van der Waals surface area contributed by atoms with Crippen LogP contribution in [0, 0.1) is 11.6 Å². The van der Waals surface area contributed by atoms with E-state index in [9.17, 15) is 23.5 Å². The maximum Gasteiger partial charge on any atom is 0.414 e. The van der Waals surface area contributed by atoms with Gasteiger partial charge < -0.3 is 19.5 Å². The molecule has 2 amide bonds. The van der Waals surface area contributed by atoms with Gasteiger partial charge in [0.1, 0.15) is 23.8 Å². The number of carbonyl (C=O) groups is 2. The molecule has 1 N–H and O–H groups in total. The lowest BCUT2D eigenvalue weighted by atomic mass is 9.97. The molecule has 0 spiro atoms. The van der Waals surface area contributed by atoms with Crippen LogP contribution >= 0.6 is 0 Å². The van der Waals surface area contributed by atoms with Crippen molar-refractivity contribution in [3.05, 3.63) is 35.4 Å². The SMILES string of the molecule is CC(C)(C)OC(=O)N1CC=C(c2c(F)cc(N3C(=O)OC[C@H]3CO)cc2F)CC1. The number of nitrogens with zero attached hydrogens (tertiary/aromatic N) is 2. The molecule has 1 atom stereocenters. The molecule has 3 rings (SSSR count). The second kappa shape index (κ2) is 7.98. The van der Waals surface area contributed by atoms with E-state index < -0.39 is 35.5 Å². The van der Waals surface area contributed by atoms with Crippen LogP contribution in [0.4, 0.5) is 24.1 Å². The summed E-state index contributed by atoms with van der Waals surface area (Å²) >= 11 is 0. The van der Waals surface area contributed by atoms with Crippen molar-refractivity contribution in [2.24, 2.45) is 0 Å². The lowest BCUT2D eigenvalue weighted by Crippen LogP contribution is -2.39.